The van der Waals surface area contributed by atoms with E-state index < -0.39 is 0 Å². The SMILES string of the molecule is Cn1c(-c2ccccc2)nn(CCNC(=O)c2ccncc2)c1=O. The summed E-state index contributed by atoms with van der Waals surface area (Å²) in [5.41, 5.74) is 1.19. The predicted octanol–water partition coefficient (Wildman–Crippen LogP) is 1.07. The van der Waals surface area contributed by atoms with Gasteiger partial charge in [-0.15, -0.1) is 5.10 Å². The molecule has 0 aliphatic heterocycles. The number of aromatic nitrogens is 4. The maximum atomic E-state index is 12.3. The van der Waals surface area contributed by atoms with Crippen molar-refractivity contribution < 1.29 is 4.79 Å². The van der Waals surface area contributed by atoms with Crippen molar-refractivity contribution in [3.63, 3.8) is 0 Å². The van der Waals surface area contributed by atoms with Gasteiger partial charge in [0, 0.05) is 37.1 Å². The lowest BCUT2D eigenvalue weighted by Crippen LogP contribution is -2.31. The van der Waals surface area contributed by atoms with Gasteiger partial charge in [-0.3, -0.25) is 14.3 Å². The van der Waals surface area contributed by atoms with Crippen LogP contribution in [0.5, 0.6) is 0 Å². The maximum Gasteiger partial charge on any atom is 0.345 e. The molecule has 2 aromatic heterocycles. The molecule has 1 N–H and O–H groups in total. The van der Waals surface area contributed by atoms with Crippen molar-refractivity contribution in [1.82, 2.24) is 24.6 Å². The van der Waals surface area contributed by atoms with E-state index in [4.69, 9.17) is 0 Å². The fraction of sp³-hybridized carbons (Fsp3) is 0.176. The van der Waals surface area contributed by atoms with Crippen LogP contribution in [0.3, 0.4) is 0 Å². The lowest BCUT2D eigenvalue weighted by atomic mass is 10.2. The van der Waals surface area contributed by atoms with Crippen molar-refractivity contribution in [3.05, 3.63) is 70.9 Å². The van der Waals surface area contributed by atoms with Crippen molar-refractivity contribution >= 4 is 5.91 Å². The Morgan fingerprint density at radius 2 is 1.83 bits per heavy atom. The molecule has 122 valence electrons. The molecule has 7 heteroatoms. The zero-order valence-electron chi connectivity index (χ0n) is 13.2. The van der Waals surface area contributed by atoms with E-state index in [0.717, 1.165) is 5.56 Å². The standard InChI is InChI=1S/C17H17N5O2/c1-21-15(13-5-3-2-4-6-13)20-22(17(21)24)12-11-19-16(23)14-7-9-18-10-8-14/h2-10H,11-12H2,1H3,(H,19,23). The molecule has 0 radical (unpaired) electrons. The number of nitrogens with zero attached hydrogens (tertiary/aromatic N) is 4. The van der Waals surface area contributed by atoms with Crippen LogP contribution >= 0.6 is 0 Å². The summed E-state index contributed by atoms with van der Waals surface area (Å²) in [6, 6.07) is 12.8. The summed E-state index contributed by atoms with van der Waals surface area (Å²) in [7, 11) is 1.68. The first-order chi connectivity index (χ1) is 11.7. The summed E-state index contributed by atoms with van der Waals surface area (Å²) in [5.74, 6) is 0.394. The molecule has 0 unspecified atom stereocenters. The van der Waals surface area contributed by atoms with Crippen LogP contribution in [-0.4, -0.2) is 31.8 Å². The maximum absolute atomic E-state index is 12.3. The van der Waals surface area contributed by atoms with Gasteiger partial charge in [0.2, 0.25) is 0 Å². The average Bonchev–Trinajstić information content (AvgIpc) is 2.92. The molecule has 1 aromatic carbocycles. The zero-order valence-corrected chi connectivity index (χ0v) is 13.2. The molecule has 0 fully saturated rings. The van der Waals surface area contributed by atoms with E-state index in [9.17, 15) is 9.59 Å². The van der Waals surface area contributed by atoms with Crippen LogP contribution < -0.4 is 11.0 Å². The molecule has 7 nitrogen and oxygen atoms in total. The highest BCUT2D eigenvalue weighted by Gasteiger charge is 2.12. The van der Waals surface area contributed by atoms with E-state index in [0.29, 0.717) is 24.5 Å². The third kappa shape index (κ3) is 3.24. The largest absolute Gasteiger partial charge is 0.350 e. The molecule has 3 rings (SSSR count). The predicted molar refractivity (Wildman–Crippen MR) is 89.5 cm³/mol. The topological polar surface area (TPSA) is 81.8 Å². The van der Waals surface area contributed by atoms with Crippen LogP contribution in [0.2, 0.25) is 0 Å². The number of carbonyl (C=O) groups is 1. The highest BCUT2D eigenvalue weighted by Crippen LogP contribution is 2.13. The second-order valence-corrected chi connectivity index (χ2v) is 5.25. The van der Waals surface area contributed by atoms with Gasteiger partial charge in [-0.1, -0.05) is 30.3 Å². The Kier molecular flexibility index (Phi) is 4.51. The van der Waals surface area contributed by atoms with Crippen LogP contribution in [0.1, 0.15) is 10.4 Å². The van der Waals surface area contributed by atoms with Crippen LogP contribution in [0.25, 0.3) is 11.4 Å². The van der Waals surface area contributed by atoms with Crippen molar-refractivity contribution in [1.29, 1.82) is 0 Å². The summed E-state index contributed by atoms with van der Waals surface area (Å²) in [5, 5.41) is 7.12. The Balaban J connectivity index is 1.68. The molecule has 2 heterocycles. The Hall–Kier alpha value is -3.22. The summed E-state index contributed by atoms with van der Waals surface area (Å²) in [6.45, 7) is 0.614. The molecule has 0 spiro atoms. The Morgan fingerprint density at radius 3 is 2.54 bits per heavy atom. The number of pyridine rings is 1. The number of benzene rings is 1. The van der Waals surface area contributed by atoms with Gasteiger partial charge < -0.3 is 5.32 Å². The fourth-order valence-corrected chi connectivity index (χ4v) is 2.35. The summed E-state index contributed by atoms with van der Waals surface area (Å²) < 4.78 is 2.86. The molecule has 0 saturated carbocycles. The van der Waals surface area contributed by atoms with Gasteiger partial charge >= 0.3 is 5.69 Å². The number of hydrogen-bond donors (Lipinski definition) is 1. The molecule has 0 bridgehead atoms. The van der Waals surface area contributed by atoms with E-state index in [1.165, 1.54) is 9.25 Å². The van der Waals surface area contributed by atoms with E-state index in [1.54, 1.807) is 31.6 Å². The lowest BCUT2D eigenvalue weighted by molar-refractivity contribution is 0.0951. The monoisotopic (exact) mass is 323 g/mol. The Morgan fingerprint density at radius 1 is 1.12 bits per heavy atom. The van der Waals surface area contributed by atoms with Gasteiger partial charge in [0.05, 0.1) is 6.54 Å². The number of carbonyl (C=O) groups excluding carboxylic acids is 1. The van der Waals surface area contributed by atoms with Crippen LogP contribution in [-0.2, 0) is 13.6 Å². The van der Waals surface area contributed by atoms with Crippen molar-refractivity contribution in [3.8, 4) is 11.4 Å². The van der Waals surface area contributed by atoms with Crippen molar-refractivity contribution in [2.24, 2.45) is 7.05 Å². The van der Waals surface area contributed by atoms with Gasteiger partial charge in [-0.05, 0) is 12.1 Å². The second kappa shape index (κ2) is 6.91. The number of rotatable bonds is 5. The van der Waals surface area contributed by atoms with Gasteiger partial charge in [0.15, 0.2) is 5.82 Å². The number of nitrogens with one attached hydrogen (secondary N) is 1. The smallest absolute Gasteiger partial charge is 0.345 e. The number of hydrogen-bond acceptors (Lipinski definition) is 4. The van der Waals surface area contributed by atoms with E-state index in [2.05, 4.69) is 15.4 Å². The van der Waals surface area contributed by atoms with Gasteiger partial charge in [0.25, 0.3) is 5.91 Å². The van der Waals surface area contributed by atoms with Gasteiger partial charge in [0.1, 0.15) is 0 Å². The van der Waals surface area contributed by atoms with Crippen LogP contribution in [0, 0.1) is 0 Å². The molecule has 0 aliphatic carbocycles. The first-order valence-corrected chi connectivity index (χ1v) is 7.54. The quantitative estimate of drug-likeness (QED) is 0.761. The second-order valence-electron chi connectivity index (χ2n) is 5.25. The Labute approximate surface area is 138 Å². The first-order valence-electron chi connectivity index (χ1n) is 7.54. The molecular weight excluding hydrogens is 306 g/mol. The minimum Gasteiger partial charge on any atom is -0.350 e. The van der Waals surface area contributed by atoms with E-state index in [-0.39, 0.29) is 11.6 Å². The molecule has 24 heavy (non-hydrogen) atoms. The normalized spacial score (nSPS) is 10.5. The number of amides is 1. The minimum atomic E-state index is -0.216. The summed E-state index contributed by atoms with van der Waals surface area (Å²) >= 11 is 0. The van der Waals surface area contributed by atoms with Crippen LogP contribution in [0.4, 0.5) is 0 Å². The summed E-state index contributed by atoms with van der Waals surface area (Å²) in [6.07, 6.45) is 3.12. The van der Waals surface area contributed by atoms with Gasteiger partial charge in [-0.25, -0.2) is 9.48 Å². The summed E-state index contributed by atoms with van der Waals surface area (Å²) in [4.78, 5) is 28.1. The first kappa shape index (κ1) is 15.7. The van der Waals surface area contributed by atoms with E-state index in [1.807, 2.05) is 30.3 Å². The third-order valence-electron chi connectivity index (χ3n) is 3.62. The molecule has 0 aliphatic rings. The average molecular weight is 323 g/mol. The molecule has 0 atom stereocenters. The third-order valence-corrected chi connectivity index (χ3v) is 3.62. The minimum absolute atomic E-state index is 0.204. The molecule has 3 aromatic rings. The highest BCUT2D eigenvalue weighted by molar-refractivity contribution is 5.93. The highest BCUT2D eigenvalue weighted by atomic mass is 16.2. The van der Waals surface area contributed by atoms with Crippen LogP contribution in [0.15, 0.2) is 59.7 Å². The van der Waals surface area contributed by atoms with E-state index >= 15 is 0 Å². The van der Waals surface area contributed by atoms with Crippen molar-refractivity contribution in [2.45, 2.75) is 6.54 Å². The molecule has 0 saturated heterocycles. The van der Waals surface area contributed by atoms with Crippen molar-refractivity contribution in [2.75, 3.05) is 6.54 Å². The van der Waals surface area contributed by atoms with Gasteiger partial charge in [-0.2, -0.15) is 0 Å². The molecule has 1 amide bonds. The lowest BCUT2D eigenvalue weighted by Gasteiger charge is -2.04. The fourth-order valence-electron chi connectivity index (χ4n) is 2.35. The molecular formula is C17H17N5O2. The Bertz CT molecular complexity index is 884. The zero-order chi connectivity index (χ0) is 16.9.